The maximum atomic E-state index is 13.3. The highest BCUT2D eigenvalue weighted by molar-refractivity contribution is 7.54. The minimum absolute atomic E-state index is 0.0211. The van der Waals surface area contributed by atoms with Crippen molar-refractivity contribution in [2.75, 3.05) is 13.2 Å². The molecule has 0 radical (unpaired) electrons. The molecule has 1 N–H and O–H groups in total. The predicted octanol–water partition coefficient (Wildman–Crippen LogP) is 4.79. The van der Waals surface area contributed by atoms with E-state index in [2.05, 4.69) is 5.32 Å². The summed E-state index contributed by atoms with van der Waals surface area (Å²) in [4.78, 5) is 22.7. The molecule has 0 aliphatic heterocycles. The fourth-order valence-corrected chi connectivity index (χ4v) is 4.44. The van der Waals surface area contributed by atoms with Gasteiger partial charge in [-0.05, 0) is 37.1 Å². The summed E-state index contributed by atoms with van der Waals surface area (Å²) < 4.78 is 29.2. The Morgan fingerprint density at radius 3 is 2.17 bits per heavy atom. The highest BCUT2D eigenvalue weighted by atomic mass is 31.2. The third-order valence-corrected chi connectivity index (χ3v) is 6.12. The van der Waals surface area contributed by atoms with Gasteiger partial charge in [0.15, 0.2) is 5.78 Å². The highest BCUT2D eigenvalue weighted by Crippen LogP contribution is 2.59. The van der Waals surface area contributed by atoms with Crippen LogP contribution in [0.3, 0.4) is 0 Å². The quantitative estimate of drug-likeness (QED) is 0.332. The summed E-state index contributed by atoms with van der Waals surface area (Å²) in [5.74, 6) is -1.19. The van der Waals surface area contributed by atoms with Crippen LogP contribution in [0.15, 0.2) is 54.6 Å². The fourth-order valence-electron chi connectivity index (χ4n) is 2.55. The van der Waals surface area contributed by atoms with Crippen molar-refractivity contribution >= 4 is 19.4 Å². The van der Waals surface area contributed by atoms with Crippen LogP contribution in [-0.2, 0) is 25.0 Å². The van der Waals surface area contributed by atoms with Crippen LogP contribution in [0.4, 0.5) is 10.5 Å². The molecule has 0 saturated carbocycles. The number of nitrogens with zero attached hydrogens (tertiary/aromatic N) is 1. The molecule has 2 aromatic rings. The standard InChI is InChI=1S/C19H23N2O7P/c1-3-27-29(25,28-4-2)18(16-10-12-17(13-11-16)21(23)24)20-19(22)26-14-15-8-6-5-7-9-15/h5-13,18H,3-4,14H2,1-2H3,(H,20,22)/t18-/m1/s1. The van der Waals surface area contributed by atoms with Gasteiger partial charge in [0, 0.05) is 12.1 Å². The Labute approximate surface area is 168 Å². The van der Waals surface area contributed by atoms with E-state index in [1.54, 1.807) is 26.0 Å². The molecular weight excluding hydrogens is 399 g/mol. The molecular formula is C19H23N2O7P. The molecule has 156 valence electrons. The monoisotopic (exact) mass is 422 g/mol. The maximum absolute atomic E-state index is 13.3. The minimum Gasteiger partial charge on any atom is -0.445 e. The number of ether oxygens (including phenoxy) is 1. The number of carbonyl (C=O) groups is 1. The molecule has 1 amide bonds. The molecule has 0 heterocycles. The van der Waals surface area contributed by atoms with Crippen LogP contribution in [-0.4, -0.2) is 24.2 Å². The van der Waals surface area contributed by atoms with E-state index in [0.717, 1.165) is 5.56 Å². The average Bonchev–Trinajstić information content (AvgIpc) is 2.71. The van der Waals surface area contributed by atoms with Gasteiger partial charge in [0.2, 0.25) is 0 Å². The smallest absolute Gasteiger partial charge is 0.408 e. The van der Waals surface area contributed by atoms with Crippen molar-refractivity contribution in [2.45, 2.75) is 26.2 Å². The van der Waals surface area contributed by atoms with Crippen LogP contribution < -0.4 is 5.32 Å². The molecule has 0 aromatic heterocycles. The predicted molar refractivity (Wildman–Crippen MR) is 106 cm³/mol. The van der Waals surface area contributed by atoms with Crippen LogP contribution in [0.1, 0.15) is 30.8 Å². The van der Waals surface area contributed by atoms with Gasteiger partial charge in [-0.2, -0.15) is 0 Å². The maximum Gasteiger partial charge on any atom is 0.408 e. The first-order valence-corrected chi connectivity index (χ1v) is 10.6. The van der Waals surface area contributed by atoms with E-state index in [1.165, 1.54) is 24.3 Å². The molecule has 1 atom stereocenters. The largest absolute Gasteiger partial charge is 0.445 e. The molecule has 0 unspecified atom stereocenters. The van der Waals surface area contributed by atoms with Crippen LogP contribution in [0.2, 0.25) is 0 Å². The van der Waals surface area contributed by atoms with E-state index in [0.29, 0.717) is 5.56 Å². The number of rotatable bonds is 10. The number of benzene rings is 2. The molecule has 10 heteroatoms. The van der Waals surface area contributed by atoms with Gasteiger partial charge in [-0.3, -0.25) is 14.7 Å². The summed E-state index contributed by atoms with van der Waals surface area (Å²) in [7, 11) is -3.82. The van der Waals surface area contributed by atoms with Crippen LogP contribution in [0, 0.1) is 10.1 Å². The van der Waals surface area contributed by atoms with Crippen molar-refractivity contribution in [3.8, 4) is 0 Å². The highest BCUT2D eigenvalue weighted by Gasteiger charge is 2.38. The summed E-state index contributed by atoms with van der Waals surface area (Å²) in [6.45, 7) is 3.48. The van der Waals surface area contributed by atoms with E-state index in [4.69, 9.17) is 13.8 Å². The lowest BCUT2D eigenvalue weighted by Gasteiger charge is -2.27. The van der Waals surface area contributed by atoms with Gasteiger partial charge in [0.05, 0.1) is 18.1 Å². The first kappa shape index (κ1) is 22.5. The van der Waals surface area contributed by atoms with Gasteiger partial charge in [0.1, 0.15) is 6.61 Å². The number of hydrogen-bond acceptors (Lipinski definition) is 7. The number of hydrogen-bond donors (Lipinski definition) is 1. The van der Waals surface area contributed by atoms with Gasteiger partial charge in [0.25, 0.3) is 5.69 Å². The number of nitro groups is 1. The van der Waals surface area contributed by atoms with Crippen LogP contribution >= 0.6 is 7.60 Å². The molecule has 0 fully saturated rings. The lowest BCUT2D eigenvalue weighted by Crippen LogP contribution is -2.30. The van der Waals surface area contributed by atoms with Gasteiger partial charge in [-0.15, -0.1) is 0 Å². The van der Waals surface area contributed by atoms with Crippen LogP contribution in [0.25, 0.3) is 0 Å². The molecule has 2 rings (SSSR count). The Morgan fingerprint density at radius 1 is 1.07 bits per heavy atom. The fraction of sp³-hybridized carbons (Fsp3) is 0.316. The Bertz CT molecular complexity index is 849. The topological polar surface area (TPSA) is 117 Å². The van der Waals surface area contributed by atoms with Crippen molar-refractivity contribution < 1.29 is 28.1 Å². The minimum atomic E-state index is -3.82. The van der Waals surface area contributed by atoms with E-state index in [9.17, 15) is 19.5 Å². The van der Waals surface area contributed by atoms with E-state index >= 15 is 0 Å². The molecule has 29 heavy (non-hydrogen) atoms. The van der Waals surface area contributed by atoms with Gasteiger partial charge in [-0.25, -0.2) is 4.79 Å². The van der Waals surface area contributed by atoms with Gasteiger partial charge in [-0.1, -0.05) is 30.3 Å². The lowest BCUT2D eigenvalue weighted by molar-refractivity contribution is -0.384. The SMILES string of the molecule is CCOP(=O)(OCC)[C@@H](NC(=O)OCc1ccccc1)c1ccc([N+](=O)[O-])cc1. The number of non-ortho nitro benzene ring substituents is 1. The van der Waals surface area contributed by atoms with Crippen molar-refractivity contribution in [1.29, 1.82) is 0 Å². The normalized spacial score (nSPS) is 12.2. The third kappa shape index (κ3) is 6.39. The van der Waals surface area contributed by atoms with Gasteiger partial charge < -0.3 is 19.1 Å². The van der Waals surface area contributed by atoms with Crippen molar-refractivity contribution in [3.63, 3.8) is 0 Å². The summed E-state index contributed by atoms with van der Waals surface area (Å²) in [5.41, 5.74) is 0.978. The Balaban J connectivity index is 2.24. The summed E-state index contributed by atoms with van der Waals surface area (Å²) >= 11 is 0. The van der Waals surface area contributed by atoms with Gasteiger partial charge >= 0.3 is 13.7 Å². The van der Waals surface area contributed by atoms with E-state index < -0.39 is 24.4 Å². The summed E-state index contributed by atoms with van der Waals surface area (Å²) in [6.07, 6.45) is -0.822. The Hall–Kier alpha value is -2.74. The number of alkyl carbamates (subject to hydrolysis) is 1. The van der Waals surface area contributed by atoms with Crippen LogP contribution in [0.5, 0.6) is 0 Å². The second-order valence-corrected chi connectivity index (χ2v) is 7.95. The Kier molecular flexibility index (Phi) is 8.33. The number of carbonyl (C=O) groups excluding carboxylic acids is 1. The van der Waals surface area contributed by atoms with Crippen molar-refractivity contribution in [1.82, 2.24) is 5.32 Å². The number of amides is 1. The zero-order valence-corrected chi connectivity index (χ0v) is 17.0. The second-order valence-electron chi connectivity index (χ2n) is 5.83. The molecule has 0 spiro atoms. The first-order chi connectivity index (χ1) is 13.9. The average molecular weight is 422 g/mol. The van der Waals surface area contributed by atoms with Crippen molar-refractivity contribution in [2.24, 2.45) is 0 Å². The zero-order chi connectivity index (χ0) is 21.3. The Morgan fingerprint density at radius 2 is 1.66 bits per heavy atom. The summed E-state index contributed by atoms with van der Waals surface area (Å²) in [6, 6.07) is 14.4. The summed E-state index contributed by atoms with van der Waals surface area (Å²) in [5, 5.41) is 13.4. The molecule has 2 aromatic carbocycles. The van der Waals surface area contributed by atoms with E-state index in [-0.39, 0.29) is 25.5 Å². The zero-order valence-electron chi connectivity index (χ0n) is 16.1. The molecule has 0 aliphatic carbocycles. The molecule has 9 nitrogen and oxygen atoms in total. The van der Waals surface area contributed by atoms with Crippen molar-refractivity contribution in [3.05, 3.63) is 75.8 Å². The molecule has 0 aliphatic rings. The second kappa shape index (κ2) is 10.7. The number of nitro benzene ring substituents is 1. The van der Waals surface area contributed by atoms with E-state index in [1.807, 2.05) is 18.2 Å². The third-order valence-electron chi connectivity index (χ3n) is 3.82. The number of nitrogens with one attached hydrogen (secondary N) is 1. The molecule has 0 bridgehead atoms. The lowest BCUT2D eigenvalue weighted by atomic mass is 10.2. The first-order valence-electron chi connectivity index (χ1n) is 9.00. The molecule has 0 saturated heterocycles.